The van der Waals surface area contributed by atoms with Gasteiger partial charge in [-0.25, -0.2) is 0 Å². The van der Waals surface area contributed by atoms with E-state index in [0.717, 1.165) is 0 Å². The first kappa shape index (κ1) is 9.08. The van der Waals surface area contributed by atoms with E-state index in [9.17, 15) is 0 Å². The van der Waals surface area contributed by atoms with E-state index in [4.69, 9.17) is 0 Å². The van der Waals surface area contributed by atoms with Crippen molar-refractivity contribution >= 4 is 10.1 Å². The van der Waals surface area contributed by atoms with E-state index < -0.39 is 0 Å². The smallest absolute Gasteiger partial charge is 1.00 e. The fraction of sp³-hybridized carbons (Fsp3) is 0.333. The van der Waals surface area contributed by atoms with Crippen LogP contribution in [0.2, 0.25) is 0 Å². The molecule has 0 aromatic rings. The Morgan fingerprint density at radius 2 is 2.00 bits per heavy atom. The van der Waals surface area contributed by atoms with Crippen LogP contribution in [0.15, 0.2) is 12.7 Å². The van der Waals surface area contributed by atoms with Crippen molar-refractivity contribution in [3.05, 3.63) is 12.7 Å². The van der Waals surface area contributed by atoms with E-state index in [2.05, 4.69) is 6.58 Å². The average molecular weight is 53.1 g/mol. The summed E-state index contributed by atoms with van der Waals surface area (Å²) in [6.07, 6.45) is 1.75. The van der Waals surface area contributed by atoms with Crippen LogP contribution >= 0.6 is 0 Å². The topological polar surface area (TPSA) is 0 Å². The summed E-state index contributed by atoms with van der Waals surface area (Å²) in [5, 5.41) is 0. The van der Waals surface area contributed by atoms with Gasteiger partial charge in [0.2, 0.25) is 0 Å². The summed E-state index contributed by atoms with van der Waals surface area (Å²) in [7, 11) is 0. The molecule has 0 radical (unpaired) electrons. The van der Waals surface area contributed by atoms with Crippen molar-refractivity contribution in [1.29, 1.82) is 0 Å². The van der Waals surface area contributed by atoms with Crippen LogP contribution in [0.1, 0.15) is 9.78 Å². The van der Waals surface area contributed by atoms with Crippen LogP contribution in [0, 0.1) is 0 Å². The van der Waals surface area contributed by atoms with Gasteiger partial charge in [-0.3, -0.25) is 0 Å². The maximum absolute atomic E-state index is 3.36. The van der Waals surface area contributed by atoms with Crippen molar-refractivity contribution in [3.63, 3.8) is 0 Å². The number of allylic oxidation sites excluding steroid dienone is 1. The molecule has 0 saturated heterocycles. The van der Waals surface area contributed by atoms with E-state index in [0.29, 0.717) is 0 Å². The van der Waals surface area contributed by atoms with Crippen molar-refractivity contribution in [2.24, 2.45) is 0 Å². The summed E-state index contributed by atoms with van der Waals surface area (Å²) in [6, 6.07) is 0. The quantitative estimate of drug-likeness (QED) is 0.286. The minimum Gasteiger partial charge on any atom is -1.00 e. The molecule has 0 N–H and O–H groups in total. The van der Waals surface area contributed by atoms with Gasteiger partial charge in [-0.05, 0) is 6.92 Å². The van der Waals surface area contributed by atoms with Gasteiger partial charge in [-0.2, -0.15) is 0 Å². The molecule has 0 saturated carbocycles. The molecular weight excluding hydrogens is 45.0 g/mol. The predicted octanol–water partition coefficient (Wildman–Crippen LogP) is 1.04. The Morgan fingerprint density at radius 3 is 2.00 bits per heavy atom. The Labute approximate surface area is 33.7 Å². The van der Waals surface area contributed by atoms with Gasteiger partial charge in [-0.15, -0.1) is 6.58 Å². The third-order valence-corrected chi connectivity index (χ3v) is 0. The van der Waals surface area contributed by atoms with Crippen molar-refractivity contribution in [2.45, 2.75) is 6.92 Å². The van der Waals surface area contributed by atoms with Crippen molar-refractivity contribution in [2.75, 3.05) is 0 Å². The molecule has 0 nitrogen and oxygen atoms in total. The average Bonchev–Trinajstić information content (AvgIpc) is 0.918. The molecule has 0 aliphatic carbocycles. The van der Waals surface area contributed by atoms with E-state index in [-0.39, 0.29) is 13.0 Å². The van der Waals surface area contributed by atoms with Crippen LogP contribution in [0.3, 0.4) is 0 Å². The number of rotatable bonds is 0. The van der Waals surface area contributed by atoms with E-state index in [1.54, 1.807) is 6.08 Å². The van der Waals surface area contributed by atoms with Gasteiger partial charge in [0.1, 0.15) is 0 Å². The van der Waals surface area contributed by atoms with Crippen LogP contribution in [-0.2, 0) is 0 Å². The van der Waals surface area contributed by atoms with Crippen LogP contribution in [0.5, 0.6) is 0 Å². The van der Waals surface area contributed by atoms with E-state index in [1.165, 1.54) is 0 Å². The SMILES string of the molecule is C=CC.[Be+2].[H-].[H-]. The summed E-state index contributed by atoms with van der Waals surface area (Å²) in [5.74, 6) is 0. The molecule has 0 spiro atoms. The Kier molecular flexibility index (Phi) is 29.1. The van der Waals surface area contributed by atoms with Gasteiger partial charge in [0.05, 0.1) is 0 Å². The zero-order chi connectivity index (χ0) is 2.71. The minimum atomic E-state index is 0. The molecule has 0 unspecified atom stereocenters. The molecule has 0 aliphatic rings. The fourth-order valence-electron chi connectivity index (χ4n) is 0. The molecule has 0 amide bonds. The Bertz CT molecular complexity index is 16.3. The van der Waals surface area contributed by atoms with E-state index in [1.807, 2.05) is 6.92 Å². The maximum atomic E-state index is 3.36. The Balaban J connectivity index is -0.00000000667. The molecule has 0 atom stereocenters. The second kappa shape index (κ2) is 12.8. The Morgan fingerprint density at radius 1 is 2.00 bits per heavy atom. The molecule has 0 fully saturated rings. The molecule has 0 heterocycles. The third kappa shape index (κ3) is 190. The molecular formula is C3H8Be. The van der Waals surface area contributed by atoms with Crippen molar-refractivity contribution in [1.82, 2.24) is 0 Å². The number of hydrogen-bond donors (Lipinski definition) is 0. The monoisotopic (exact) mass is 53.1 g/mol. The number of hydrogen-bond acceptors (Lipinski definition) is 0. The molecule has 0 aromatic carbocycles. The second-order valence-electron chi connectivity index (χ2n) is 0.408. The standard InChI is InChI=1S/C3H6.Be.2H/c1-3-2;;;/h3H,1H2,2H3;;;/q;+2;2*-1. The van der Waals surface area contributed by atoms with Gasteiger partial charge in [0, 0.05) is 0 Å². The van der Waals surface area contributed by atoms with Gasteiger partial charge < -0.3 is 2.85 Å². The molecule has 22 valence electrons. The zero-order valence-corrected chi connectivity index (χ0v) is 2.99. The summed E-state index contributed by atoms with van der Waals surface area (Å²) in [4.78, 5) is 0. The van der Waals surface area contributed by atoms with Gasteiger partial charge >= 0.3 is 10.1 Å². The molecule has 0 aliphatic heterocycles. The normalized spacial score (nSPS) is 3.25. The summed E-state index contributed by atoms with van der Waals surface area (Å²) < 4.78 is 0. The zero-order valence-electron chi connectivity index (χ0n) is 4.99. The maximum Gasteiger partial charge on any atom is 2.00 e. The van der Waals surface area contributed by atoms with Gasteiger partial charge in [0.15, 0.2) is 0 Å². The minimum absolute atomic E-state index is 0. The van der Waals surface area contributed by atoms with Crippen LogP contribution in [0.25, 0.3) is 0 Å². The molecule has 0 bridgehead atoms. The molecule has 0 rings (SSSR count). The van der Waals surface area contributed by atoms with Crippen LogP contribution < -0.4 is 0 Å². The largest absolute Gasteiger partial charge is 2.00 e. The first-order valence-corrected chi connectivity index (χ1v) is 0.986. The third-order valence-electron chi connectivity index (χ3n) is 0. The van der Waals surface area contributed by atoms with Crippen molar-refractivity contribution in [3.8, 4) is 0 Å². The summed E-state index contributed by atoms with van der Waals surface area (Å²) in [5.41, 5.74) is 0. The summed E-state index contributed by atoms with van der Waals surface area (Å²) in [6.45, 7) is 5.25. The summed E-state index contributed by atoms with van der Waals surface area (Å²) >= 11 is 0. The second-order valence-corrected chi connectivity index (χ2v) is 0.408. The fourth-order valence-corrected chi connectivity index (χ4v) is 0. The first-order valence-electron chi connectivity index (χ1n) is 0.986. The van der Waals surface area contributed by atoms with Gasteiger partial charge in [-0.1, -0.05) is 6.08 Å². The van der Waals surface area contributed by atoms with E-state index >= 15 is 0 Å². The van der Waals surface area contributed by atoms with Crippen LogP contribution in [-0.4, -0.2) is 10.1 Å². The van der Waals surface area contributed by atoms with Crippen LogP contribution in [0.4, 0.5) is 0 Å². The first-order chi connectivity index (χ1) is 1.41. The Hall–Kier alpha value is -0.0912. The predicted molar refractivity (Wildman–Crippen MR) is 23.8 cm³/mol. The molecule has 4 heavy (non-hydrogen) atoms. The molecule has 0 aromatic heterocycles. The van der Waals surface area contributed by atoms with Crippen molar-refractivity contribution < 1.29 is 2.85 Å². The molecule has 1 heteroatoms. The van der Waals surface area contributed by atoms with Gasteiger partial charge in [0.25, 0.3) is 0 Å².